The first-order valence-corrected chi connectivity index (χ1v) is 13.2. The summed E-state index contributed by atoms with van der Waals surface area (Å²) >= 11 is 0. The van der Waals surface area contributed by atoms with E-state index in [9.17, 15) is 25.2 Å². The Morgan fingerprint density at radius 1 is 1.19 bits per heavy atom. The van der Waals surface area contributed by atoms with Crippen molar-refractivity contribution in [3.8, 4) is 0 Å². The summed E-state index contributed by atoms with van der Waals surface area (Å²) in [6.07, 6.45) is 0.742. The maximum atomic E-state index is 13.5. The lowest BCUT2D eigenvalue weighted by atomic mass is 9.58. The highest BCUT2D eigenvalue weighted by molar-refractivity contribution is 5.91. The molecule has 2 fully saturated rings. The van der Waals surface area contributed by atoms with E-state index in [0.717, 1.165) is 12.0 Å². The summed E-state index contributed by atoms with van der Waals surface area (Å²) in [7, 11) is 0. The zero-order valence-electron chi connectivity index (χ0n) is 22.1. The Hall–Kier alpha value is -1.99. The van der Waals surface area contributed by atoms with E-state index in [1.165, 1.54) is 0 Å². The van der Waals surface area contributed by atoms with Gasteiger partial charge in [-0.15, -0.1) is 0 Å². The first-order valence-electron chi connectivity index (χ1n) is 13.2. The van der Waals surface area contributed by atoms with E-state index in [1.54, 1.807) is 25.1 Å². The first kappa shape index (κ1) is 25.7. The average Bonchev–Trinajstić information content (AvgIpc) is 3.32. The summed E-state index contributed by atoms with van der Waals surface area (Å²) in [6, 6.07) is 7.25. The molecule has 9 atom stereocenters. The number of esters is 1. The fourth-order valence-corrected chi connectivity index (χ4v) is 8.26. The minimum absolute atomic E-state index is 0.0236. The molecule has 6 nitrogen and oxygen atoms in total. The molecule has 0 aliphatic heterocycles. The molecule has 1 aromatic carbocycles. The Bertz CT molecular complexity index is 1130. The largest absolute Gasteiger partial charge is 0.451 e. The summed E-state index contributed by atoms with van der Waals surface area (Å²) in [5.41, 5.74) is -1.11. The van der Waals surface area contributed by atoms with Crippen molar-refractivity contribution in [2.45, 2.75) is 77.8 Å². The molecule has 5 unspecified atom stereocenters. The topological polar surface area (TPSA) is 107 Å². The molecule has 1 spiro atoms. The lowest BCUT2D eigenvalue weighted by Gasteiger charge is -2.52. The van der Waals surface area contributed by atoms with Gasteiger partial charge in [0.15, 0.2) is 6.10 Å². The minimum Gasteiger partial charge on any atom is -0.451 e. The molecular formula is C30H40O6. The van der Waals surface area contributed by atoms with E-state index in [2.05, 4.69) is 13.8 Å². The summed E-state index contributed by atoms with van der Waals surface area (Å²) in [5.74, 6) is -0.477. The van der Waals surface area contributed by atoms with Crippen LogP contribution in [0.5, 0.6) is 0 Å². The second-order valence-corrected chi connectivity index (χ2v) is 12.6. The quantitative estimate of drug-likeness (QED) is 0.375. The van der Waals surface area contributed by atoms with E-state index >= 15 is 0 Å². The molecule has 2 saturated carbocycles. The van der Waals surface area contributed by atoms with E-state index in [1.807, 2.05) is 39.0 Å². The van der Waals surface area contributed by atoms with Gasteiger partial charge in [-0.05, 0) is 65.2 Å². The Balaban J connectivity index is 1.62. The first-order chi connectivity index (χ1) is 16.8. The normalized spacial score (nSPS) is 42.5. The zero-order valence-corrected chi connectivity index (χ0v) is 22.1. The highest BCUT2D eigenvalue weighted by atomic mass is 16.6. The van der Waals surface area contributed by atoms with Gasteiger partial charge in [-0.1, -0.05) is 65.0 Å². The van der Waals surface area contributed by atoms with Gasteiger partial charge in [-0.25, -0.2) is 4.79 Å². The van der Waals surface area contributed by atoms with Gasteiger partial charge >= 0.3 is 5.97 Å². The third-order valence-electron chi connectivity index (χ3n) is 10.2. The van der Waals surface area contributed by atoms with Gasteiger partial charge in [0.1, 0.15) is 11.7 Å². The third-order valence-corrected chi connectivity index (χ3v) is 10.2. The summed E-state index contributed by atoms with van der Waals surface area (Å²) < 4.78 is 6.06. The van der Waals surface area contributed by atoms with E-state index in [0.29, 0.717) is 17.1 Å². The molecule has 4 N–H and O–H groups in total. The predicted molar refractivity (Wildman–Crippen MR) is 136 cm³/mol. The zero-order chi connectivity index (χ0) is 26.4. The molecule has 196 valence electrons. The monoisotopic (exact) mass is 496 g/mol. The number of fused-ring (bicyclic) bond motifs is 3. The molecule has 0 radical (unpaired) electrons. The van der Waals surface area contributed by atoms with Crippen LogP contribution in [0.2, 0.25) is 0 Å². The van der Waals surface area contributed by atoms with Crippen LogP contribution in [-0.2, 0) is 4.74 Å². The molecule has 4 aliphatic carbocycles. The van der Waals surface area contributed by atoms with E-state index in [4.69, 9.17) is 4.74 Å². The van der Waals surface area contributed by atoms with E-state index in [-0.39, 0.29) is 34.7 Å². The van der Waals surface area contributed by atoms with Crippen molar-refractivity contribution in [3.05, 3.63) is 58.7 Å². The SMILES string of the molecule is CC1=CC23C(O)[C@@H](C=C(CO)C(O)C2(O)C1OC(=O)c1ccccc1C(C)C)[C@H]1[C@@H](C[C@H]3C)C1(C)C. The maximum absolute atomic E-state index is 13.5. The predicted octanol–water partition coefficient (Wildman–Crippen LogP) is 3.60. The molecular weight excluding hydrogens is 456 g/mol. The maximum Gasteiger partial charge on any atom is 0.339 e. The Labute approximate surface area is 213 Å². The van der Waals surface area contributed by atoms with Crippen LogP contribution < -0.4 is 0 Å². The lowest BCUT2D eigenvalue weighted by Crippen LogP contribution is -2.66. The van der Waals surface area contributed by atoms with Crippen LogP contribution in [0.4, 0.5) is 0 Å². The smallest absolute Gasteiger partial charge is 0.339 e. The van der Waals surface area contributed by atoms with Gasteiger partial charge in [0, 0.05) is 5.92 Å². The fraction of sp³-hybridized carbons (Fsp3) is 0.633. The van der Waals surface area contributed by atoms with Crippen LogP contribution in [0.25, 0.3) is 0 Å². The van der Waals surface area contributed by atoms with E-state index < -0.39 is 41.9 Å². The summed E-state index contributed by atoms with van der Waals surface area (Å²) in [5, 5.41) is 46.5. The van der Waals surface area contributed by atoms with Crippen LogP contribution in [0.1, 0.15) is 69.8 Å². The Kier molecular flexibility index (Phi) is 5.88. The molecule has 4 aliphatic rings. The van der Waals surface area contributed by atoms with Crippen LogP contribution in [0, 0.1) is 34.5 Å². The number of aliphatic hydroxyl groups excluding tert-OH is 3. The number of hydrogen-bond acceptors (Lipinski definition) is 6. The molecule has 2 bridgehead atoms. The number of rotatable bonds is 4. The van der Waals surface area contributed by atoms with Gasteiger partial charge in [0.2, 0.25) is 0 Å². The standard InChI is InChI=1S/C30H40O6/c1-15(2)19-9-7-8-10-20(19)27(34)36-26-16(3)13-29-17(4)11-22-23(28(22,5)6)21(25(29)33)12-18(14-31)24(32)30(26,29)35/h7-10,12-13,15,17,21-26,31-33,35H,11,14H2,1-6H3/t17-,21+,22-,23+,24?,25?,26?,29?,30?/m1/s1. The van der Waals surface area contributed by atoms with Crippen molar-refractivity contribution in [1.82, 2.24) is 0 Å². The van der Waals surface area contributed by atoms with Crippen molar-refractivity contribution >= 4 is 5.97 Å². The van der Waals surface area contributed by atoms with Crippen LogP contribution >= 0.6 is 0 Å². The number of carbonyl (C=O) groups excluding carboxylic acids is 1. The van der Waals surface area contributed by atoms with Crippen molar-refractivity contribution in [3.63, 3.8) is 0 Å². The molecule has 1 aromatic rings. The molecule has 0 saturated heterocycles. The summed E-state index contributed by atoms with van der Waals surface area (Å²) in [6.45, 7) is 11.7. The molecule has 36 heavy (non-hydrogen) atoms. The van der Waals surface area contributed by atoms with Gasteiger partial charge in [-0.2, -0.15) is 0 Å². The second kappa shape index (κ2) is 8.26. The van der Waals surface area contributed by atoms with Crippen molar-refractivity contribution < 1.29 is 30.0 Å². The lowest BCUT2D eigenvalue weighted by molar-refractivity contribution is -0.215. The van der Waals surface area contributed by atoms with Gasteiger partial charge in [0.25, 0.3) is 0 Å². The van der Waals surface area contributed by atoms with Crippen LogP contribution in [0.15, 0.2) is 47.6 Å². The Morgan fingerprint density at radius 3 is 2.50 bits per heavy atom. The molecule has 0 aromatic heterocycles. The molecule has 5 rings (SSSR count). The van der Waals surface area contributed by atoms with Gasteiger partial charge in [-0.3, -0.25) is 0 Å². The highest BCUT2D eigenvalue weighted by Gasteiger charge is 2.76. The summed E-state index contributed by atoms with van der Waals surface area (Å²) in [4.78, 5) is 13.5. The molecule has 0 amide bonds. The third kappa shape index (κ3) is 3.14. The molecule has 6 heteroatoms. The number of ether oxygens (including phenoxy) is 1. The minimum atomic E-state index is -2.03. The van der Waals surface area contributed by atoms with Crippen molar-refractivity contribution in [2.24, 2.45) is 34.5 Å². The van der Waals surface area contributed by atoms with Crippen LogP contribution in [-0.4, -0.2) is 56.9 Å². The number of hydrogen-bond donors (Lipinski definition) is 4. The molecule has 0 heterocycles. The Morgan fingerprint density at radius 2 is 1.86 bits per heavy atom. The van der Waals surface area contributed by atoms with Crippen LogP contribution in [0.3, 0.4) is 0 Å². The van der Waals surface area contributed by atoms with Gasteiger partial charge < -0.3 is 25.2 Å². The average molecular weight is 497 g/mol. The van der Waals surface area contributed by atoms with Crippen molar-refractivity contribution in [2.75, 3.05) is 6.61 Å². The van der Waals surface area contributed by atoms with Gasteiger partial charge in [0.05, 0.1) is 23.7 Å². The fourth-order valence-electron chi connectivity index (χ4n) is 8.26. The number of benzene rings is 1. The highest BCUT2D eigenvalue weighted by Crippen LogP contribution is 2.72. The second-order valence-electron chi connectivity index (χ2n) is 12.6. The number of carbonyl (C=O) groups is 1. The van der Waals surface area contributed by atoms with Crippen molar-refractivity contribution in [1.29, 1.82) is 0 Å². The number of aliphatic hydroxyl groups is 4.